The molecule has 14 heteroatoms. The Morgan fingerprint density at radius 2 is 1.68 bits per heavy atom. The zero-order valence-electron chi connectivity index (χ0n) is 23.5. The van der Waals surface area contributed by atoms with E-state index in [1.807, 2.05) is 36.4 Å². The molecule has 0 aliphatic carbocycles. The van der Waals surface area contributed by atoms with Gasteiger partial charge in [0.1, 0.15) is 30.4 Å². The van der Waals surface area contributed by atoms with Gasteiger partial charge in [-0.25, -0.2) is 0 Å². The first-order valence-corrected chi connectivity index (χ1v) is 14.1. The number of piperazine rings is 1. The lowest BCUT2D eigenvalue weighted by molar-refractivity contribution is -0.389. The summed E-state index contributed by atoms with van der Waals surface area (Å²) in [6, 6.07) is 17.7. The molecular formula is C30H29F3N6O5. The van der Waals surface area contributed by atoms with Gasteiger partial charge in [0, 0.05) is 68.1 Å². The van der Waals surface area contributed by atoms with Crippen molar-refractivity contribution in [1.29, 1.82) is 0 Å². The monoisotopic (exact) mass is 610 g/mol. The van der Waals surface area contributed by atoms with Crippen LogP contribution in [0.5, 0.6) is 17.5 Å². The molecule has 1 saturated heterocycles. The Morgan fingerprint density at radius 3 is 2.34 bits per heavy atom. The maximum atomic E-state index is 12.4. The molecule has 2 aliphatic rings. The van der Waals surface area contributed by atoms with Gasteiger partial charge in [-0.05, 0) is 65.1 Å². The number of alkyl halides is 3. The summed E-state index contributed by atoms with van der Waals surface area (Å²) in [7, 11) is 0. The lowest BCUT2D eigenvalue weighted by atomic mass is 10.1. The van der Waals surface area contributed by atoms with Crippen LogP contribution in [0.3, 0.4) is 0 Å². The van der Waals surface area contributed by atoms with Crippen LogP contribution in [0, 0.1) is 10.1 Å². The predicted octanol–water partition coefficient (Wildman–Crippen LogP) is 5.30. The summed E-state index contributed by atoms with van der Waals surface area (Å²) in [5.74, 6) is 0.230. The van der Waals surface area contributed by atoms with Gasteiger partial charge in [0.2, 0.25) is 0 Å². The third-order valence-corrected chi connectivity index (χ3v) is 7.50. The SMILES string of the molecule is O=[N+]([O-])c1cn2c(n1)OC(COc1ccc(N3CCN(Cc4ccc(-c5ccc(OC(F)(F)F)cc5)nc4)CC3)cc1)CC2. The number of fused-ring (bicyclic) bond motifs is 1. The van der Waals surface area contributed by atoms with Crippen LogP contribution >= 0.6 is 0 Å². The Bertz CT molecular complexity index is 1570. The number of aryl methyl sites for hydroxylation is 1. The molecule has 44 heavy (non-hydrogen) atoms. The van der Waals surface area contributed by atoms with Crippen molar-refractivity contribution in [2.24, 2.45) is 0 Å². The fourth-order valence-electron chi connectivity index (χ4n) is 5.22. The van der Waals surface area contributed by atoms with Crippen molar-refractivity contribution in [2.75, 3.05) is 37.7 Å². The first-order chi connectivity index (χ1) is 21.2. The van der Waals surface area contributed by atoms with Crippen molar-refractivity contribution in [3.05, 3.63) is 88.7 Å². The Labute approximate surface area is 250 Å². The zero-order valence-corrected chi connectivity index (χ0v) is 23.5. The fourth-order valence-corrected chi connectivity index (χ4v) is 5.22. The average Bonchev–Trinajstić information content (AvgIpc) is 3.45. The zero-order chi connectivity index (χ0) is 30.7. The Balaban J connectivity index is 0.944. The van der Waals surface area contributed by atoms with Crippen LogP contribution in [0.2, 0.25) is 0 Å². The van der Waals surface area contributed by atoms with E-state index in [-0.39, 0.29) is 23.7 Å². The number of anilines is 1. The van der Waals surface area contributed by atoms with E-state index < -0.39 is 11.3 Å². The third kappa shape index (κ3) is 7.19. The van der Waals surface area contributed by atoms with Gasteiger partial charge in [-0.15, -0.1) is 13.2 Å². The molecule has 4 aromatic rings. The lowest BCUT2D eigenvalue weighted by Gasteiger charge is -2.36. The molecule has 230 valence electrons. The number of nitrogens with zero attached hydrogens (tertiary/aromatic N) is 6. The summed E-state index contributed by atoms with van der Waals surface area (Å²) in [6.45, 7) is 5.15. The quantitative estimate of drug-likeness (QED) is 0.184. The standard InChI is InChI=1S/C30H29F3N6O5/c31-30(32,33)44-25-6-2-22(3-7-25)27-10-1-21(17-34-27)18-36-13-15-37(16-14-36)23-4-8-24(9-5-23)42-20-26-11-12-38-19-28(39(40)41)35-29(38)43-26/h1-10,17,19,26H,11-16,18,20H2. The van der Waals surface area contributed by atoms with E-state index in [0.717, 1.165) is 49.7 Å². The number of imidazole rings is 1. The summed E-state index contributed by atoms with van der Waals surface area (Å²) < 4.78 is 54.4. The molecule has 1 atom stereocenters. The Hall–Kier alpha value is -4.85. The van der Waals surface area contributed by atoms with Gasteiger partial charge >= 0.3 is 18.2 Å². The largest absolute Gasteiger partial charge is 0.573 e. The van der Waals surface area contributed by atoms with E-state index in [2.05, 4.69) is 24.5 Å². The van der Waals surface area contributed by atoms with E-state index in [9.17, 15) is 23.3 Å². The molecule has 0 saturated carbocycles. The summed E-state index contributed by atoms with van der Waals surface area (Å²) in [4.78, 5) is 23.5. The number of nitro groups is 1. The third-order valence-electron chi connectivity index (χ3n) is 7.50. The number of aromatic nitrogens is 3. The number of rotatable bonds is 9. The maximum Gasteiger partial charge on any atom is 0.573 e. The van der Waals surface area contributed by atoms with Crippen LogP contribution in [0.4, 0.5) is 24.7 Å². The number of pyridine rings is 1. The molecule has 1 fully saturated rings. The number of halogens is 3. The molecular weight excluding hydrogens is 581 g/mol. The van der Waals surface area contributed by atoms with Crippen molar-refractivity contribution in [3.8, 4) is 28.8 Å². The molecule has 11 nitrogen and oxygen atoms in total. The van der Waals surface area contributed by atoms with Crippen molar-refractivity contribution >= 4 is 11.5 Å². The van der Waals surface area contributed by atoms with Crippen LogP contribution in [0.15, 0.2) is 73.1 Å². The molecule has 4 heterocycles. The van der Waals surface area contributed by atoms with E-state index in [1.165, 1.54) is 18.3 Å². The van der Waals surface area contributed by atoms with E-state index in [1.54, 1.807) is 22.9 Å². The smallest absolute Gasteiger partial charge is 0.490 e. The minimum Gasteiger partial charge on any atom is -0.490 e. The van der Waals surface area contributed by atoms with Crippen LogP contribution in [0.25, 0.3) is 11.3 Å². The second-order valence-corrected chi connectivity index (χ2v) is 10.6. The molecule has 0 N–H and O–H groups in total. The lowest BCUT2D eigenvalue weighted by Crippen LogP contribution is -2.45. The van der Waals surface area contributed by atoms with Crippen LogP contribution in [-0.4, -0.2) is 69.6 Å². The first-order valence-electron chi connectivity index (χ1n) is 14.1. The van der Waals surface area contributed by atoms with Crippen molar-refractivity contribution in [2.45, 2.75) is 32.0 Å². The van der Waals surface area contributed by atoms with Gasteiger partial charge < -0.3 is 29.2 Å². The van der Waals surface area contributed by atoms with Gasteiger partial charge in [0.25, 0.3) is 0 Å². The van der Waals surface area contributed by atoms with Crippen LogP contribution < -0.4 is 19.1 Å². The second kappa shape index (κ2) is 12.4. The maximum absolute atomic E-state index is 12.4. The molecule has 2 aliphatic heterocycles. The highest BCUT2D eigenvalue weighted by Gasteiger charge is 2.31. The van der Waals surface area contributed by atoms with E-state index >= 15 is 0 Å². The second-order valence-electron chi connectivity index (χ2n) is 10.6. The number of hydrogen-bond donors (Lipinski definition) is 0. The van der Waals surface area contributed by atoms with Gasteiger partial charge in [0.05, 0.1) is 5.69 Å². The molecule has 2 aromatic carbocycles. The predicted molar refractivity (Wildman–Crippen MR) is 154 cm³/mol. The normalized spacial score (nSPS) is 17.1. The fraction of sp³-hybridized carbons (Fsp3) is 0.333. The molecule has 1 unspecified atom stereocenters. The first kappa shape index (κ1) is 29.2. The molecule has 2 aromatic heterocycles. The van der Waals surface area contributed by atoms with Gasteiger partial charge in [-0.3, -0.25) is 14.5 Å². The van der Waals surface area contributed by atoms with Crippen molar-refractivity contribution < 1.29 is 32.3 Å². The molecule has 0 amide bonds. The Morgan fingerprint density at radius 1 is 0.955 bits per heavy atom. The van der Waals surface area contributed by atoms with Crippen LogP contribution in [0.1, 0.15) is 12.0 Å². The summed E-state index contributed by atoms with van der Waals surface area (Å²) >= 11 is 0. The van der Waals surface area contributed by atoms with E-state index in [0.29, 0.717) is 30.8 Å². The number of benzene rings is 2. The van der Waals surface area contributed by atoms with Gasteiger partial charge in [-0.1, -0.05) is 6.07 Å². The number of hydrogen-bond acceptors (Lipinski definition) is 9. The highest BCUT2D eigenvalue weighted by molar-refractivity contribution is 5.60. The molecule has 0 spiro atoms. The summed E-state index contributed by atoms with van der Waals surface area (Å²) in [5.41, 5.74) is 3.55. The highest BCUT2D eigenvalue weighted by atomic mass is 19.4. The van der Waals surface area contributed by atoms with Gasteiger partial charge in [0.15, 0.2) is 0 Å². The van der Waals surface area contributed by atoms with Crippen molar-refractivity contribution in [1.82, 2.24) is 19.4 Å². The van der Waals surface area contributed by atoms with Crippen molar-refractivity contribution in [3.63, 3.8) is 0 Å². The topological polar surface area (TPSA) is 108 Å². The minimum atomic E-state index is -4.72. The molecule has 0 bridgehead atoms. The van der Waals surface area contributed by atoms with Crippen LogP contribution in [-0.2, 0) is 13.1 Å². The van der Waals surface area contributed by atoms with Gasteiger partial charge in [-0.2, -0.15) is 0 Å². The molecule has 6 rings (SSSR count). The molecule has 0 radical (unpaired) electrons. The van der Waals surface area contributed by atoms with E-state index in [4.69, 9.17) is 9.47 Å². The summed E-state index contributed by atoms with van der Waals surface area (Å²) in [6.07, 6.45) is -1.11. The minimum absolute atomic E-state index is 0.225. The average molecular weight is 611 g/mol. The number of ether oxygens (including phenoxy) is 3. The highest BCUT2D eigenvalue weighted by Crippen LogP contribution is 2.27. The Kier molecular flexibility index (Phi) is 8.24. The summed E-state index contributed by atoms with van der Waals surface area (Å²) in [5, 5.41) is 10.9.